The van der Waals surface area contributed by atoms with Crippen LogP contribution in [-0.4, -0.2) is 36.6 Å². The molecule has 0 spiro atoms. The zero-order valence-corrected chi connectivity index (χ0v) is 19.1. The number of nitrogens with zero attached hydrogens (tertiary/aromatic N) is 1. The van der Waals surface area contributed by atoms with E-state index in [1.165, 1.54) is 10.6 Å². The Labute approximate surface area is 199 Å². The molecule has 3 N–H and O–H groups in total. The summed E-state index contributed by atoms with van der Waals surface area (Å²) < 4.78 is 10.7. The van der Waals surface area contributed by atoms with Gasteiger partial charge in [-0.1, -0.05) is 54.6 Å². The Kier molecular flexibility index (Phi) is 7.44. The number of anilines is 1. The highest BCUT2D eigenvalue weighted by molar-refractivity contribution is 5.75. The zero-order chi connectivity index (χ0) is 23.9. The number of aldehydes is 1. The first-order valence-electron chi connectivity index (χ1n) is 11.3. The smallest absolute Gasteiger partial charge is 0.429 e. The monoisotopic (exact) mass is 459 g/mol. The number of benzene rings is 3. The standard InChI is InChI=1S/C27H29N3O4/c1-33-24-13-7-19(8-14-24)15-23(17-31)30(27(32)34-18-20-5-3-2-4-6-20)29-22-11-9-21(10-12-22)25-16-26(25)28/h2-14,17,23,25-26,29H,15-16,18,28H2,1H3/t23?,25-,26+/m0/s1. The van der Waals surface area contributed by atoms with Crippen LogP contribution in [0.2, 0.25) is 0 Å². The van der Waals surface area contributed by atoms with Gasteiger partial charge in [-0.2, -0.15) is 0 Å². The summed E-state index contributed by atoms with van der Waals surface area (Å²) in [4.78, 5) is 25.2. The molecule has 1 aliphatic carbocycles. The number of methoxy groups -OCH3 is 1. The molecule has 1 unspecified atom stereocenters. The Morgan fingerprint density at radius 3 is 2.32 bits per heavy atom. The molecule has 3 aromatic carbocycles. The van der Waals surface area contributed by atoms with E-state index in [4.69, 9.17) is 15.2 Å². The molecule has 3 atom stereocenters. The van der Waals surface area contributed by atoms with Crippen molar-refractivity contribution in [3.05, 3.63) is 95.6 Å². The van der Waals surface area contributed by atoms with E-state index in [9.17, 15) is 9.59 Å². The molecular weight excluding hydrogens is 430 g/mol. The van der Waals surface area contributed by atoms with Crippen LogP contribution in [0, 0.1) is 0 Å². The maximum Gasteiger partial charge on any atom is 0.429 e. The molecule has 4 rings (SSSR count). The van der Waals surface area contributed by atoms with Crippen molar-refractivity contribution >= 4 is 18.1 Å². The normalized spacial score (nSPS) is 17.4. The molecule has 176 valence electrons. The highest BCUT2D eigenvalue weighted by atomic mass is 16.6. The van der Waals surface area contributed by atoms with Crippen LogP contribution >= 0.6 is 0 Å². The second-order valence-electron chi connectivity index (χ2n) is 8.41. The minimum absolute atomic E-state index is 0.102. The fourth-order valence-corrected chi connectivity index (χ4v) is 3.80. The minimum atomic E-state index is -0.784. The van der Waals surface area contributed by atoms with Gasteiger partial charge in [-0.05, 0) is 47.4 Å². The molecule has 0 radical (unpaired) electrons. The molecule has 0 aromatic heterocycles. The summed E-state index contributed by atoms with van der Waals surface area (Å²) in [6.45, 7) is 0.102. The SMILES string of the molecule is COc1ccc(CC(C=O)N(Nc2ccc([C@@H]3C[C@H]3N)cc2)C(=O)OCc2ccccc2)cc1. The van der Waals surface area contributed by atoms with E-state index >= 15 is 0 Å². The molecule has 34 heavy (non-hydrogen) atoms. The van der Waals surface area contributed by atoms with Gasteiger partial charge in [0.2, 0.25) is 0 Å². The van der Waals surface area contributed by atoms with Crippen LogP contribution in [0.25, 0.3) is 0 Å². The predicted octanol–water partition coefficient (Wildman–Crippen LogP) is 4.29. The summed E-state index contributed by atoms with van der Waals surface area (Å²) in [5.74, 6) is 1.11. The van der Waals surface area contributed by atoms with E-state index in [-0.39, 0.29) is 12.6 Å². The van der Waals surface area contributed by atoms with Crippen LogP contribution in [0.3, 0.4) is 0 Å². The van der Waals surface area contributed by atoms with Gasteiger partial charge < -0.3 is 20.0 Å². The van der Waals surface area contributed by atoms with E-state index in [1.54, 1.807) is 7.11 Å². The van der Waals surface area contributed by atoms with E-state index in [0.29, 0.717) is 18.0 Å². The second-order valence-corrected chi connectivity index (χ2v) is 8.41. The van der Waals surface area contributed by atoms with Gasteiger partial charge >= 0.3 is 6.09 Å². The van der Waals surface area contributed by atoms with Crippen molar-refractivity contribution < 1.29 is 19.1 Å². The fraction of sp³-hybridized carbons (Fsp3) is 0.259. The number of hydrazine groups is 1. The van der Waals surface area contributed by atoms with Crippen LogP contribution in [0.1, 0.15) is 29.0 Å². The van der Waals surface area contributed by atoms with E-state index in [2.05, 4.69) is 5.43 Å². The minimum Gasteiger partial charge on any atom is -0.497 e. The van der Waals surface area contributed by atoms with Crippen LogP contribution in [0.15, 0.2) is 78.9 Å². The number of amides is 1. The van der Waals surface area contributed by atoms with Crippen molar-refractivity contribution in [2.75, 3.05) is 12.5 Å². The van der Waals surface area contributed by atoms with Crippen LogP contribution < -0.4 is 15.9 Å². The van der Waals surface area contributed by atoms with E-state index in [0.717, 1.165) is 29.6 Å². The first-order valence-corrected chi connectivity index (χ1v) is 11.3. The third kappa shape index (κ3) is 5.94. The average Bonchev–Trinajstić information content (AvgIpc) is 3.62. The van der Waals surface area contributed by atoms with Crippen molar-refractivity contribution in [2.24, 2.45) is 5.73 Å². The summed E-state index contributed by atoms with van der Waals surface area (Å²) in [5, 5.41) is 1.25. The average molecular weight is 460 g/mol. The highest BCUT2D eigenvalue weighted by Crippen LogP contribution is 2.39. The molecule has 1 amide bonds. The lowest BCUT2D eigenvalue weighted by molar-refractivity contribution is -0.111. The number of carbonyl (C=O) groups is 2. The molecule has 7 nitrogen and oxygen atoms in total. The van der Waals surface area contributed by atoms with Gasteiger partial charge in [-0.15, -0.1) is 0 Å². The first-order chi connectivity index (χ1) is 16.6. The molecule has 1 aliphatic rings. The van der Waals surface area contributed by atoms with Crippen molar-refractivity contribution in [1.82, 2.24) is 5.01 Å². The summed E-state index contributed by atoms with van der Waals surface area (Å²) >= 11 is 0. The van der Waals surface area contributed by atoms with Crippen LogP contribution in [0.5, 0.6) is 5.75 Å². The molecule has 0 bridgehead atoms. The quantitative estimate of drug-likeness (QED) is 0.347. The van der Waals surface area contributed by atoms with Gasteiger partial charge in [0.25, 0.3) is 0 Å². The van der Waals surface area contributed by atoms with Gasteiger partial charge in [0, 0.05) is 18.4 Å². The largest absolute Gasteiger partial charge is 0.497 e. The third-order valence-corrected chi connectivity index (χ3v) is 5.92. The number of hydrogen-bond acceptors (Lipinski definition) is 6. The number of carbonyl (C=O) groups excluding carboxylic acids is 2. The number of hydrogen-bond donors (Lipinski definition) is 2. The summed E-state index contributed by atoms with van der Waals surface area (Å²) in [6.07, 6.45) is 1.41. The number of rotatable bonds is 10. The summed E-state index contributed by atoms with van der Waals surface area (Å²) in [7, 11) is 1.60. The third-order valence-electron chi connectivity index (χ3n) is 5.92. The molecular formula is C27H29N3O4. The lowest BCUT2D eigenvalue weighted by Gasteiger charge is -2.29. The number of ether oxygens (including phenoxy) is 2. The first kappa shape index (κ1) is 23.3. The van der Waals surface area contributed by atoms with Gasteiger partial charge in [0.05, 0.1) is 12.8 Å². The Morgan fingerprint density at radius 2 is 1.74 bits per heavy atom. The number of nitrogens with two attached hydrogens (primary N) is 1. The van der Waals surface area contributed by atoms with Gasteiger partial charge in [0.15, 0.2) is 0 Å². The van der Waals surface area contributed by atoms with Gasteiger partial charge in [-0.25, -0.2) is 9.80 Å². The molecule has 1 saturated carbocycles. The summed E-state index contributed by atoms with van der Waals surface area (Å²) in [5.41, 5.74) is 12.6. The van der Waals surface area contributed by atoms with Crippen molar-refractivity contribution in [3.63, 3.8) is 0 Å². The maximum atomic E-state index is 13.1. The second kappa shape index (κ2) is 10.9. The van der Waals surface area contributed by atoms with Crippen LogP contribution in [-0.2, 0) is 22.6 Å². The maximum absolute atomic E-state index is 13.1. The molecule has 7 heteroatoms. The molecule has 0 aliphatic heterocycles. The molecule has 3 aromatic rings. The van der Waals surface area contributed by atoms with E-state index in [1.807, 2.05) is 78.9 Å². The predicted molar refractivity (Wildman–Crippen MR) is 130 cm³/mol. The molecule has 0 heterocycles. The van der Waals surface area contributed by atoms with E-state index < -0.39 is 12.1 Å². The lowest BCUT2D eigenvalue weighted by Crippen LogP contribution is -2.46. The number of nitrogens with one attached hydrogen (secondary N) is 1. The Morgan fingerprint density at radius 1 is 1.06 bits per heavy atom. The topological polar surface area (TPSA) is 93.9 Å². The van der Waals surface area contributed by atoms with Gasteiger partial charge in [-0.3, -0.25) is 5.43 Å². The zero-order valence-electron chi connectivity index (χ0n) is 19.1. The molecule has 1 fully saturated rings. The Balaban J connectivity index is 1.50. The van der Waals surface area contributed by atoms with Crippen molar-refractivity contribution in [2.45, 2.75) is 37.5 Å². The summed E-state index contributed by atoms with van der Waals surface area (Å²) in [6, 6.07) is 24.0. The Bertz CT molecular complexity index is 1090. The Hall–Kier alpha value is -3.84. The van der Waals surface area contributed by atoms with Crippen molar-refractivity contribution in [1.29, 1.82) is 0 Å². The van der Waals surface area contributed by atoms with Crippen LogP contribution in [0.4, 0.5) is 10.5 Å². The fourth-order valence-electron chi connectivity index (χ4n) is 3.80. The lowest BCUT2D eigenvalue weighted by atomic mass is 10.1. The highest BCUT2D eigenvalue weighted by Gasteiger charge is 2.34. The molecule has 0 saturated heterocycles. The van der Waals surface area contributed by atoms with Crippen molar-refractivity contribution in [3.8, 4) is 5.75 Å². The van der Waals surface area contributed by atoms with Gasteiger partial charge in [0.1, 0.15) is 24.7 Å².